The van der Waals surface area contributed by atoms with Crippen molar-refractivity contribution in [3.05, 3.63) is 216 Å². The largest absolute Gasteiger partial charge is 0.308 e. The second-order valence-corrected chi connectivity index (χ2v) is 20.1. The monoisotopic (exact) mass is 824 g/mol. The Balaban J connectivity index is 1.07. The molecule has 310 valence electrons. The van der Waals surface area contributed by atoms with Crippen LogP contribution in [0.3, 0.4) is 0 Å². The Hall–Kier alpha value is -7.16. The molecule has 0 saturated heterocycles. The highest BCUT2D eigenvalue weighted by Gasteiger charge is 2.45. The third kappa shape index (κ3) is 5.78. The molecule has 64 heavy (non-hydrogen) atoms. The van der Waals surface area contributed by atoms with Gasteiger partial charge in [-0.1, -0.05) is 175 Å². The molecule has 2 nitrogen and oxygen atoms in total. The van der Waals surface area contributed by atoms with E-state index in [0.717, 1.165) is 22.7 Å². The van der Waals surface area contributed by atoms with E-state index in [1.165, 1.54) is 94.6 Å². The highest BCUT2D eigenvalue weighted by atomic mass is 15.2. The van der Waals surface area contributed by atoms with Crippen LogP contribution in [0.1, 0.15) is 70.2 Å². The fourth-order valence-corrected chi connectivity index (χ4v) is 11.9. The van der Waals surface area contributed by atoms with Gasteiger partial charge in [-0.3, -0.25) is 0 Å². The number of nitrogens with zero attached hydrogens (tertiary/aromatic N) is 2. The minimum atomic E-state index is -0.0766. The maximum Gasteiger partial charge on any atom is 0.0782 e. The Morgan fingerprint density at radius 2 is 1.03 bits per heavy atom. The molecule has 12 rings (SSSR count). The summed E-state index contributed by atoms with van der Waals surface area (Å²) in [5, 5.41) is 4.92. The molecule has 0 radical (unpaired) electrons. The number of aromatic nitrogens is 1. The maximum absolute atomic E-state index is 2.57. The number of hydrogen-bond donors (Lipinski definition) is 0. The van der Waals surface area contributed by atoms with Crippen molar-refractivity contribution in [1.29, 1.82) is 0 Å². The van der Waals surface area contributed by atoms with Crippen LogP contribution in [0.4, 0.5) is 17.1 Å². The summed E-state index contributed by atoms with van der Waals surface area (Å²) in [5.41, 5.74) is 20.6. The summed E-state index contributed by atoms with van der Waals surface area (Å²) < 4.78 is 2.44. The van der Waals surface area contributed by atoms with Gasteiger partial charge in [-0.2, -0.15) is 0 Å². The van der Waals surface area contributed by atoms with Crippen LogP contribution in [-0.4, -0.2) is 4.57 Å². The molecule has 0 bridgehead atoms. The van der Waals surface area contributed by atoms with Gasteiger partial charge in [0.2, 0.25) is 0 Å². The molecule has 2 heteroatoms. The summed E-state index contributed by atoms with van der Waals surface area (Å²) in [5.74, 6) is 0. The highest BCUT2D eigenvalue weighted by Crippen LogP contribution is 2.57. The first kappa shape index (κ1) is 38.5. The third-order valence-corrected chi connectivity index (χ3v) is 14.8. The standard InChI is InChI=1S/C62H52N2/c1-60(2)39-61(3,4)56-38-54-52(37-55(56)60)51-35-43(30-34-53(51)62(54,5)6)47-23-15-19-42-29-33-46(36-50(42)47)63(45-31-27-41(28-32-45)40-17-9-7-10-18-40)58-26-16-24-49-48-22-13-14-25-57(48)64(59(49)58)44-20-11-8-12-21-44/h7-38H,39H2,1-6H3. The molecule has 0 saturated carbocycles. The Morgan fingerprint density at radius 3 is 1.81 bits per heavy atom. The third-order valence-electron chi connectivity index (χ3n) is 14.8. The summed E-state index contributed by atoms with van der Waals surface area (Å²) in [6.45, 7) is 14.6. The second kappa shape index (κ2) is 13.9. The zero-order chi connectivity index (χ0) is 43.5. The van der Waals surface area contributed by atoms with Crippen LogP contribution in [0, 0.1) is 0 Å². The predicted molar refractivity (Wildman–Crippen MR) is 272 cm³/mol. The lowest BCUT2D eigenvalue weighted by Gasteiger charge is -2.28. The molecule has 0 atom stereocenters. The van der Waals surface area contributed by atoms with Crippen LogP contribution in [0.5, 0.6) is 0 Å². The van der Waals surface area contributed by atoms with Crippen LogP contribution < -0.4 is 4.90 Å². The van der Waals surface area contributed by atoms with E-state index < -0.39 is 0 Å². The summed E-state index contributed by atoms with van der Waals surface area (Å²) in [7, 11) is 0. The minimum Gasteiger partial charge on any atom is -0.308 e. The van der Waals surface area contributed by atoms with E-state index in [9.17, 15) is 0 Å². The van der Waals surface area contributed by atoms with Gasteiger partial charge in [0.15, 0.2) is 0 Å². The van der Waals surface area contributed by atoms with E-state index in [1.54, 1.807) is 0 Å². The van der Waals surface area contributed by atoms with Crippen molar-refractivity contribution >= 4 is 49.6 Å². The molecule has 1 aromatic heterocycles. The van der Waals surface area contributed by atoms with Crippen molar-refractivity contribution in [3.8, 4) is 39.1 Å². The van der Waals surface area contributed by atoms with Crippen LogP contribution in [-0.2, 0) is 16.2 Å². The normalized spacial score (nSPS) is 15.3. The Morgan fingerprint density at radius 1 is 0.406 bits per heavy atom. The van der Waals surface area contributed by atoms with Crippen molar-refractivity contribution < 1.29 is 0 Å². The summed E-state index contributed by atoms with van der Waals surface area (Å²) in [6.07, 6.45) is 1.17. The zero-order valence-electron chi connectivity index (χ0n) is 37.6. The molecule has 10 aromatic rings. The van der Waals surface area contributed by atoms with Gasteiger partial charge in [-0.05, 0) is 144 Å². The van der Waals surface area contributed by atoms with Gasteiger partial charge < -0.3 is 9.47 Å². The van der Waals surface area contributed by atoms with E-state index in [1.807, 2.05) is 0 Å². The van der Waals surface area contributed by atoms with Crippen molar-refractivity contribution in [3.63, 3.8) is 0 Å². The van der Waals surface area contributed by atoms with Gasteiger partial charge in [0.1, 0.15) is 0 Å². The van der Waals surface area contributed by atoms with Gasteiger partial charge in [0.25, 0.3) is 0 Å². The lowest BCUT2D eigenvalue weighted by molar-refractivity contribution is 0.403. The number of anilines is 3. The Kier molecular flexibility index (Phi) is 8.38. The topological polar surface area (TPSA) is 8.17 Å². The first-order chi connectivity index (χ1) is 31.0. The molecule has 0 aliphatic heterocycles. The number of hydrogen-bond acceptors (Lipinski definition) is 1. The van der Waals surface area contributed by atoms with Crippen LogP contribution >= 0.6 is 0 Å². The van der Waals surface area contributed by atoms with E-state index in [2.05, 4.69) is 245 Å². The number of rotatable bonds is 6. The molecule has 0 unspecified atom stereocenters. The molecule has 2 aliphatic rings. The quantitative estimate of drug-likeness (QED) is 0.162. The Labute approximate surface area is 377 Å². The molecule has 9 aromatic carbocycles. The summed E-state index contributed by atoms with van der Waals surface area (Å²) >= 11 is 0. The van der Waals surface area contributed by atoms with Crippen LogP contribution in [0.15, 0.2) is 194 Å². The molecule has 1 heterocycles. The lowest BCUT2D eigenvalue weighted by Crippen LogP contribution is -2.18. The van der Waals surface area contributed by atoms with E-state index in [0.29, 0.717) is 0 Å². The number of benzene rings is 9. The molecule has 2 aliphatic carbocycles. The minimum absolute atomic E-state index is 0.0766. The van der Waals surface area contributed by atoms with E-state index in [4.69, 9.17) is 0 Å². The first-order valence-corrected chi connectivity index (χ1v) is 22.9. The number of fused-ring (bicyclic) bond motifs is 8. The molecule has 0 fully saturated rings. The van der Waals surface area contributed by atoms with Crippen molar-refractivity contribution in [1.82, 2.24) is 4.57 Å². The summed E-state index contributed by atoms with van der Waals surface area (Å²) in [6, 6.07) is 72.4. The fourth-order valence-electron chi connectivity index (χ4n) is 11.9. The van der Waals surface area contributed by atoms with Crippen LogP contribution in [0.25, 0.3) is 71.6 Å². The zero-order valence-corrected chi connectivity index (χ0v) is 37.6. The van der Waals surface area contributed by atoms with E-state index in [-0.39, 0.29) is 16.2 Å². The molecular weight excluding hydrogens is 773 g/mol. The predicted octanol–water partition coefficient (Wildman–Crippen LogP) is 17.0. The van der Waals surface area contributed by atoms with Crippen molar-refractivity contribution in [2.75, 3.05) is 4.90 Å². The molecule has 0 amide bonds. The molecular formula is C62H52N2. The number of para-hydroxylation sites is 3. The van der Waals surface area contributed by atoms with Crippen molar-refractivity contribution in [2.24, 2.45) is 0 Å². The average molecular weight is 825 g/mol. The Bertz CT molecular complexity index is 3480. The van der Waals surface area contributed by atoms with Gasteiger partial charge in [0, 0.05) is 33.2 Å². The summed E-state index contributed by atoms with van der Waals surface area (Å²) in [4.78, 5) is 2.47. The average Bonchev–Trinajstić information content (AvgIpc) is 3.84. The SMILES string of the molecule is CC1(C)CC(C)(C)c2cc3c(cc21)-c1cc(-c2cccc4ccc(N(c5ccc(-c6ccccc6)cc5)c5cccc6c7ccccc7n(-c7ccccc7)c56)cc24)ccc1C3(C)C. The lowest BCUT2D eigenvalue weighted by atomic mass is 9.79. The van der Waals surface area contributed by atoms with Gasteiger partial charge in [-0.15, -0.1) is 0 Å². The smallest absolute Gasteiger partial charge is 0.0782 e. The van der Waals surface area contributed by atoms with Gasteiger partial charge in [-0.25, -0.2) is 0 Å². The van der Waals surface area contributed by atoms with Crippen molar-refractivity contribution in [2.45, 2.75) is 64.2 Å². The molecule has 0 N–H and O–H groups in total. The fraction of sp³-hybridized carbons (Fsp3) is 0.161. The first-order valence-electron chi connectivity index (χ1n) is 22.9. The van der Waals surface area contributed by atoms with Gasteiger partial charge in [0.05, 0.1) is 16.7 Å². The van der Waals surface area contributed by atoms with E-state index >= 15 is 0 Å². The maximum atomic E-state index is 2.57. The van der Waals surface area contributed by atoms with Gasteiger partial charge >= 0.3 is 0 Å². The van der Waals surface area contributed by atoms with Crippen LogP contribution in [0.2, 0.25) is 0 Å². The second-order valence-electron chi connectivity index (χ2n) is 20.1. The highest BCUT2D eigenvalue weighted by molar-refractivity contribution is 6.15. The molecule has 0 spiro atoms.